The standard InChI is InChI=1S/C24H41N3O4/c1-29-23-8-7-21(18-25-9-12-26-13-15-30-16-14-26)17-24(23)31-20-22(28)19-27-10-5-3-2-4-6-11-27/h7-8,17,22,25,28H,2-6,9-16,18-20H2,1H3/t22-/m0/s1. The zero-order chi connectivity index (χ0) is 21.7. The number of hydrogen-bond donors (Lipinski definition) is 2. The molecular weight excluding hydrogens is 394 g/mol. The number of methoxy groups -OCH3 is 1. The van der Waals surface area contributed by atoms with E-state index in [0.29, 0.717) is 18.0 Å². The third-order valence-electron chi connectivity index (χ3n) is 6.11. The molecule has 3 rings (SSSR count). The fraction of sp³-hybridized carbons (Fsp3) is 0.750. The predicted molar refractivity (Wildman–Crippen MR) is 123 cm³/mol. The first-order valence-corrected chi connectivity index (χ1v) is 12.0. The van der Waals surface area contributed by atoms with E-state index in [2.05, 4.69) is 21.2 Å². The highest BCUT2D eigenvalue weighted by Gasteiger charge is 2.15. The van der Waals surface area contributed by atoms with Gasteiger partial charge >= 0.3 is 0 Å². The number of aliphatic hydroxyl groups is 1. The third-order valence-corrected chi connectivity index (χ3v) is 6.11. The van der Waals surface area contributed by atoms with E-state index in [1.807, 2.05) is 12.1 Å². The highest BCUT2D eigenvalue weighted by molar-refractivity contribution is 5.43. The van der Waals surface area contributed by atoms with Crippen molar-refractivity contribution in [2.45, 2.75) is 44.8 Å². The van der Waals surface area contributed by atoms with Crippen LogP contribution in [0.4, 0.5) is 0 Å². The van der Waals surface area contributed by atoms with Gasteiger partial charge in [-0.05, 0) is 43.6 Å². The van der Waals surface area contributed by atoms with Crippen molar-refractivity contribution in [3.05, 3.63) is 23.8 Å². The van der Waals surface area contributed by atoms with Crippen LogP contribution in [0.5, 0.6) is 11.5 Å². The van der Waals surface area contributed by atoms with Crippen LogP contribution in [0.2, 0.25) is 0 Å². The smallest absolute Gasteiger partial charge is 0.161 e. The summed E-state index contributed by atoms with van der Waals surface area (Å²) in [6.07, 6.45) is 5.89. The lowest BCUT2D eigenvalue weighted by Crippen LogP contribution is -2.40. The van der Waals surface area contributed by atoms with Crippen LogP contribution < -0.4 is 14.8 Å². The Hall–Kier alpha value is -1.38. The van der Waals surface area contributed by atoms with Gasteiger partial charge in [-0.3, -0.25) is 4.90 Å². The Labute approximate surface area is 187 Å². The summed E-state index contributed by atoms with van der Waals surface area (Å²) in [6, 6.07) is 6.02. The van der Waals surface area contributed by atoms with Crippen molar-refractivity contribution in [1.82, 2.24) is 15.1 Å². The molecular formula is C24H41N3O4. The van der Waals surface area contributed by atoms with Crippen LogP contribution in [-0.4, -0.2) is 93.8 Å². The summed E-state index contributed by atoms with van der Waals surface area (Å²) in [4.78, 5) is 4.80. The van der Waals surface area contributed by atoms with E-state index in [-0.39, 0.29) is 6.61 Å². The van der Waals surface area contributed by atoms with Crippen LogP contribution >= 0.6 is 0 Å². The summed E-state index contributed by atoms with van der Waals surface area (Å²) in [7, 11) is 1.65. The molecule has 2 aliphatic heterocycles. The molecule has 1 aromatic carbocycles. The molecule has 31 heavy (non-hydrogen) atoms. The van der Waals surface area contributed by atoms with Gasteiger partial charge in [-0.15, -0.1) is 0 Å². The van der Waals surface area contributed by atoms with Gasteiger partial charge in [0, 0.05) is 39.3 Å². The Kier molecular flexibility index (Phi) is 10.9. The van der Waals surface area contributed by atoms with Crippen LogP contribution in [-0.2, 0) is 11.3 Å². The molecule has 0 aliphatic carbocycles. The molecule has 0 unspecified atom stereocenters. The summed E-state index contributed by atoms with van der Waals surface area (Å²) in [5.74, 6) is 1.40. The zero-order valence-corrected chi connectivity index (χ0v) is 19.2. The zero-order valence-electron chi connectivity index (χ0n) is 19.2. The number of nitrogens with zero attached hydrogens (tertiary/aromatic N) is 2. The fourth-order valence-corrected chi connectivity index (χ4v) is 4.27. The Bertz CT molecular complexity index is 617. The number of rotatable bonds is 11. The average Bonchev–Trinajstić information content (AvgIpc) is 2.78. The molecule has 2 N–H and O–H groups in total. The molecule has 2 saturated heterocycles. The maximum atomic E-state index is 10.5. The first kappa shape index (κ1) is 24.3. The number of β-amino-alcohol motifs (C(OH)–C–C–N with tert-alkyl or cyclic N) is 1. The van der Waals surface area contributed by atoms with Crippen LogP contribution in [0.1, 0.15) is 37.7 Å². The molecule has 2 heterocycles. The lowest BCUT2D eigenvalue weighted by molar-refractivity contribution is 0.0384. The van der Waals surface area contributed by atoms with Crippen molar-refractivity contribution >= 4 is 0 Å². The largest absolute Gasteiger partial charge is 0.493 e. The monoisotopic (exact) mass is 435 g/mol. The predicted octanol–water partition coefficient (Wildman–Crippen LogP) is 2.12. The number of benzene rings is 1. The quantitative estimate of drug-likeness (QED) is 0.516. The molecule has 0 amide bonds. The summed E-state index contributed by atoms with van der Waals surface area (Å²) in [5.41, 5.74) is 1.15. The number of hydrogen-bond acceptors (Lipinski definition) is 7. The SMILES string of the molecule is COc1ccc(CNCCN2CCOCC2)cc1OC[C@@H](O)CN1CCCCCCC1. The average molecular weight is 436 g/mol. The highest BCUT2D eigenvalue weighted by atomic mass is 16.5. The fourth-order valence-electron chi connectivity index (χ4n) is 4.27. The second kappa shape index (κ2) is 13.9. The van der Waals surface area contributed by atoms with E-state index >= 15 is 0 Å². The molecule has 0 radical (unpaired) electrons. The first-order chi connectivity index (χ1) is 15.2. The number of morpholine rings is 1. The molecule has 0 bridgehead atoms. The summed E-state index contributed by atoms with van der Waals surface area (Å²) in [6.45, 7) is 9.56. The molecule has 176 valence electrons. The minimum atomic E-state index is -0.501. The van der Waals surface area contributed by atoms with Gasteiger partial charge < -0.3 is 29.5 Å². The molecule has 0 aromatic heterocycles. The maximum absolute atomic E-state index is 10.5. The van der Waals surface area contributed by atoms with Gasteiger partial charge in [0.15, 0.2) is 11.5 Å². The minimum absolute atomic E-state index is 0.279. The molecule has 0 spiro atoms. The normalized spacial score (nSPS) is 20.1. The highest BCUT2D eigenvalue weighted by Crippen LogP contribution is 2.28. The minimum Gasteiger partial charge on any atom is -0.493 e. The van der Waals surface area contributed by atoms with Gasteiger partial charge in [0.1, 0.15) is 12.7 Å². The van der Waals surface area contributed by atoms with E-state index < -0.39 is 6.10 Å². The second-order valence-corrected chi connectivity index (χ2v) is 8.65. The van der Waals surface area contributed by atoms with Gasteiger partial charge in [0.05, 0.1) is 20.3 Å². The van der Waals surface area contributed by atoms with Gasteiger partial charge in [-0.2, -0.15) is 0 Å². The summed E-state index contributed by atoms with van der Waals surface area (Å²) >= 11 is 0. The van der Waals surface area contributed by atoms with Crippen molar-refractivity contribution < 1.29 is 19.3 Å². The van der Waals surface area contributed by atoms with Crippen molar-refractivity contribution in [3.8, 4) is 11.5 Å². The van der Waals surface area contributed by atoms with E-state index in [4.69, 9.17) is 14.2 Å². The Morgan fingerprint density at radius 1 is 1.00 bits per heavy atom. The van der Waals surface area contributed by atoms with Crippen LogP contribution in [0.3, 0.4) is 0 Å². The Balaban J connectivity index is 1.42. The molecule has 1 aromatic rings. The van der Waals surface area contributed by atoms with Gasteiger partial charge in [-0.25, -0.2) is 0 Å². The lowest BCUT2D eigenvalue weighted by atomic mass is 10.1. The Morgan fingerprint density at radius 3 is 2.48 bits per heavy atom. The molecule has 7 heteroatoms. The number of aliphatic hydroxyl groups excluding tert-OH is 1. The van der Waals surface area contributed by atoms with Gasteiger partial charge in [0.25, 0.3) is 0 Å². The molecule has 1 atom stereocenters. The van der Waals surface area contributed by atoms with E-state index in [1.165, 1.54) is 32.1 Å². The van der Waals surface area contributed by atoms with Crippen LogP contribution in [0.25, 0.3) is 0 Å². The molecule has 0 saturated carbocycles. The van der Waals surface area contributed by atoms with Crippen LogP contribution in [0, 0.1) is 0 Å². The van der Waals surface area contributed by atoms with Crippen molar-refractivity contribution in [2.24, 2.45) is 0 Å². The van der Waals surface area contributed by atoms with Crippen molar-refractivity contribution in [3.63, 3.8) is 0 Å². The first-order valence-electron chi connectivity index (χ1n) is 12.0. The summed E-state index contributed by atoms with van der Waals surface area (Å²) in [5, 5.41) is 14.0. The maximum Gasteiger partial charge on any atom is 0.161 e. The van der Waals surface area contributed by atoms with Crippen LogP contribution in [0.15, 0.2) is 18.2 Å². The van der Waals surface area contributed by atoms with Gasteiger partial charge in [-0.1, -0.05) is 25.3 Å². The lowest BCUT2D eigenvalue weighted by Gasteiger charge is -2.27. The molecule has 7 nitrogen and oxygen atoms in total. The Morgan fingerprint density at radius 2 is 1.74 bits per heavy atom. The van der Waals surface area contributed by atoms with E-state index in [0.717, 1.165) is 64.6 Å². The number of likely N-dealkylation sites (tertiary alicyclic amines) is 1. The van der Waals surface area contributed by atoms with Gasteiger partial charge in [0.2, 0.25) is 0 Å². The number of ether oxygens (including phenoxy) is 3. The number of nitrogens with one attached hydrogen (secondary N) is 1. The second-order valence-electron chi connectivity index (χ2n) is 8.65. The van der Waals surface area contributed by atoms with E-state index in [9.17, 15) is 5.11 Å². The van der Waals surface area contributed by atoms with E-state index in [1.54, 1.807) is 7.11 Å². The van der Waals surface area contributed by atoms with Crippen molar-refractivity contribution in [1.29, 1.82) is 0 Å². The summed E-state index contributed by atoms with van der Waals surface area (Å²) < 4.78 is 16.8. The van der Waals surface area contributed by atoms with Crippen molar-refractivity contribution in [2.75, 3.05) is 72.7 Å². The molecule has 2 aliphatic rings. The topological polar surface area (TPSA) is 66.4 Å². The molecule has 2 fully saturated rings. The third kappa shape index (κ3) is 8.94.